The summed E-state index contributed by atoms with van der Waals surface area (Å²) in [5.74, 6) is 1.44. The van der Waals surface area contributed by atoms with Gasteiger partial charge in [0.1, 0.15) is 24.1 Å². The topological polar surface area (TPSA) is 100 Å². The van der Waals surface area contributed by atoms with E-state index in [4.69, 9.17) is 42.6 Å². The highest BCUT2D eigenvalue weighted by Crippen LogP contribution is 2.45. The van der Waals surface area contributed by atoms with Crippen molar-refractivity contribution in [1.29, 1.82) is 0 Å². The molecule has 11 atom stereocenters. The standard InChI is InChI=1S/C37H52O10/c1-23-16-29(23)32(43-20-26-12-14-27(39-3)15-13-26)18-28-17-30(24(2)31(46-28)19-34(38)41-5)47-37-36(35(42-6)33(40-4)22-45-37)44-21-25-10-8-7-9-11-25/h7-15,23-24,28-33,35-37H,16-22H2,1-6H3/t23-,24-,28+,29-,30+,31+,32+,33-,35+,36-,37+/m1/s1. The maximum atomic E-state index is 12.5. The summed E-state index contributed by atoms with van der Waals surface area (Å²) in [7, 11) is 6.37. The number of carbonyl (C=O) groups excluding carboxylic acids is 1. The van der Waals surface area contributed by atoms with Gasteiger partial charge in [-0.3, -0.25) is 4.79 Å². The van der Waals surface area contributed by atoms with Crippen LogP contribution in [0, 0.1) is 17.8 Å². The first-order valence-corrected chi connectivity index (χ1v) is 16.8. The highest BCUT2D eigenvalue weighted by atomic mass is 16.7. The number of ether oxygens (including phenoxy) is 9. The molecule has 0 aromatic heterocycles. The molecule has 260 valence electrons. The van der Waals surface area contributed by atoms with Gasteiger partial charge in [0.2, 0.25) is 0 Å². The van der Waals surface area contributed by atoms with Crippen LogP contribution in [-0.4, -0.2) is 90.0 Å². The van der Waals surface area contributed by atoms with E-state index in [2.05, 4.69) is 13.8 Å². The fraction of sp³-hybridized carbons (Fsp3) is 0.649. The average molecular weight is 657 g/mol. The first-order valence-electron chi connectivity index (χ1n) is 16.8. The summed E-state index contributed by atoms with van der Waals surface area (Å²) in [6.45, 7) is 5.50. The van der Waals surface area contributed by atoms with Crippen LogP contribution < -0.4 is 4.74 Å². The smallest absolute Gasteiger partial charge is 0.308 e. The Hall–Kier alpha value is -2.57. The Morgan fingerprint density at radius 1 is 0.872 bits per heavy atom. The van der Waals surface area contributed by atoms with E-state index in [1.165, 1.54) is 7.11 Å². The van der Waals surface area contributed by atoms with Crippen molar-refractivity contribution in [2.75, 3.05) is 35.0 Å². The zero-order valence-corrected chi connectivity index (χ0v) is 28.6. The summed E-state index contributed by atoms with van der Waals surface area (Å²) in [6, 6.07) is 17.9. The van der Waals surface area contributed by atoms with Gasteiger partial charge in [-0.15, -0.1) is 0 Å². The molecule has 0 spiro atoms. The molecule has 0 N–H and O–H groups in total. The predicted molar refractivity (Wildman–Crippen MR) is 174 cm³/mol. The molecule has 3 aliphatic rings. The van der Waals surface area contributed by atoms with Crippen molar-refractivity contribution in [2.45, 2.75) is 102 Å². The lowest BCUT2D eigenvalue weighted by Gasteiger charge is -2.46. The molecule has 1 aliphatic carbocycles. The number of esters is 1. The highest BCUT2D eigenvalue weighted by Gasteiger charge is 2.48. The van der Waals surface area contributed by atoms with Gasteiger partial charge in [0.15, 0.2) is 6.29 Å². The molecule has 1 saturated carbocycles. The van der Waals surface area contributed by atoms with Gasteiger partial charge in [-0.05, 0) is 41.5 Å². The minimum atomic E-state index is -0.703. The summed E-state index contributed by atoms with van der Waals surface area (Å²) in [6.07, 6.45) is -0.203. The van der Waals surface area contributed by atoms with Gasteiger partial charge in [0.25, 0.3) is 0 Å². The molecule has 0 radical (unpaired) electrons. The zero-order valence-electron chi connectivity index (χ0n) is 28.6. The Morgan fingerprint density at radius 3 is 2.23 bits per heavy atom. The molecule has 0 bridgehead atoms. The van der Waals surface area contributed by atoms with Crippen LogP contribution in [0.25, 0.3) is 0 Å². The lowest BCUT2D eigenvalue weighted by molar-refractivity contribution is -0.314. The van der Waals surface area contributed by atoms with Gasteiger partial charge in [0.05, 0.1) is 64.9 Å². The molecular formula is C37H52O10. The lowest BCUT2D eigenvalue weighted by atomic mass is 9.86. The van der Waals surface area contributed by atoms with Crippen molar-refractivity contribution in [3.8, 4) is 5.75 Å². The van der Waals surface area contributed by atoms with Crippen molar-refractivity contribution in [1.82, 2.24) is 0 Å². The monoisotopic (exact) mass is 656 g/mol. The first-order chi connectivity index (χ1) is 22.8. The Balaban J connectivity index is 1.31. The first kappa shape index (κ1) is 35.7. The summed E-state index contributed by atoms with van der Waals surface area (Å²) < 4.78 is 54.7. The quantitative estimate of drug-likeness (QED) is 0.220. The molecule has 3 fully saturated rings. The lowest BCUT2D eigenvalue weighted by Crippen LogP contribution is -2.58. The minimum absolute atomic E-state index is 0.0122. The van der Waals surface area contributed by atoms with Gasteiger partial charge in [0, 0.05) is 33.0 Å². The van der Waals surface area contributed by atoms with Crippen molar-refractivity contribution < 1.29 is 47.4 Å². The molecule has 10 heteroatoms. The maximum absolute atomic E-state index is 12.5. The molecule has 2 saturated heterocycles. The van der Waals surface area contributed by atoms with E-state index >= 15 is 0 Å². The molecule has 5 rings (SSSR count). The van der Waals surface area contributed by atoms with Crippen molar-refractivity contribution in [3.05, 3.63) is 65.7 Å². The minimum Gasteiger partial charge on any atom is -0.497 e. The van der Waals surface area contributed by atoms with Gasteiger partial charge >= 0.3 is 5.97 Å². The number of benzene rings is 2. The van der Waals surface area contributed by atoms with E-state index in [0.717, 1.165) is 23.3 Å². The average Bonchev–Trinajstić information content (AvgIpc) is 3.84. The summed E-state index contributed by atoms with van der Waals surface area (Å²) >= 11 is 0. The molecule has 2 aliphatic heterocycles. The van der Waals surface area contributed by atoms with E-state index in [1.54, 1.807) is 21.3 Å². The van der Waals surface area contributed by atoms with Crippen molar-refractivity contribution >= 4 is 5.97 Å². The Labute approximate surface area is 279 Å². The number of carbonyl (C=O) groups is 1. The van der Waals surface area contributed by atoms with Gasteiger partial charge in [-0.25, -0.2) is 0 Å². The molecule has 0 unspecified atom stereocenters. The van der Waals surface area contributed by atoms with Gasteiger partial charge < -0.3 is 42.6 Å². The van der Waals surface area contributed by atoms with Crippen LogP contribution in [0.2, 0.25) is 0 Å². The van der Waals surface area contributed by atoms with E-state index < -0.39 is 18.5 Å². The van der Waals surface area contributed by atoms with Crippen LogP contribution in [-0.2, 0) is 55.9 Å². The number of methoxy groups -OCH3 is 4. The third kappa shape index (κ3) is 9.53. The van der Waals surface area contributed by atoms with Crippen molar-refractivity contribution in [2.24, 2.45) is 17.8 Å². The molecule has 0 amide bonds. The summed E-state index contributed by atoms with van der Waals surface area (Å²) in [4.78, 5) is 12.5. The molecule has 47 heavy (non-hydrogen) atoms. The van der Waals surface area contributed by atoms with Crippen LogP contribution >= 0.6 is 0 Å². The summed E-state index contributed by atoms with van der Waals surface area (Å²) in [5.41, 5.74) is 2.12. The Bertz CT molecular complexity index is 1230. The SMILES string of the molecule is COC(=O)C[C@@H]1O[C@H](C[C@H](OCc2ccc(OC)cc2)[C@@H]2C[C@H]2C)C[C@H](O[C@@H]2OC[C@@H](OC)[C@H](OC)[C@H]2OCc2ccccc2)[C@H]1C. The van der Waals surface area contributed by atoms with E-state index in [0.29, 0.717) is 44.5 Å². The Kier molecular flexibility index (Phi) is 13.1. The number of hydrogen-bond acceptors (Lipinski definition) is 10. The summed E-state index contributed by atoms with van der Waals surface area (Å²) in [5, 5.41) is 0. The largest absolute Gasteiger partial charge is 0.497 e. The third-order valence-electron chi connectivity index (χ3n) is 9.95. The second-order valence-electron chi connectivity index (χ2n) is 13.1. The van der Waals surface area contributed by atoms with Crippen molar-refractivity contribution in [3.63, 3.8) is 0 Å². The second kappa shape index (κ2) is 17.2. The predicted octanol–water partition coefficient (Wildman–Crippen LogP) is 5.34. The van der Waals surface area contributed by atoms with Crippen LogP contribution in [0.1, 0.15) is 50.7 Å². The molecule has 2 aromatic carbocycles. The fourth-order valence-corrected chi connectivity index (χ4v) is 6.84. The second-order valence-corrected chi connectivity index (χ2v) is 13.1. The van der Waals surface area contributed by atoms with Gasteiger partial charge in [-0.1, -0.05) is 56.3 Å². The van der Waals surface area contributed by atoms with E-state index in [-0.39, 0.29) is 48.8 Å². The van der Waals surface area contributed by atoms with E-state index in [1.807, 2.05) is 54.6 Å². The van der Waals surface area contributed by atoms with E-state index in [9.17, 15) is 4.79 Å². The molecule has 2 aromatic rings. The number of hydrogen-bond donors (Lipinski definition) is 0. The van der Waals surface area contributed by atoms with Crippen LogP contribution in [0.4, 0.5) is 0 Å². The number of rotatable bonds is 16. The maximum Gasteiger partial charge on any atom is 0.308 e. The van der Waals surface area contributed by atoms with Crippen LogP contribution in [0.15, 0.2) is 54.6 Å². The molecule has 2 heterocycles. The van der Waals surface area contributed by atoms with Crippen LogP contribution in [0.3, 0.4) is 0 Å². The molecular weight excluding hydrogens is 604 g/mol. The third-order valence-corrected chi connectivity index (χ3v) is 9.95. The highest BCUT2D eigenvalue weighted by molar-refractivity contribution is 5.69. The Morgan fingerprint density at radius 2 is 1.60 bits per heavy atom. The fourth-order valence-electron chi connectivity index (χ4n) is 6.84. The normalized spacial score (nSPS) is 32.8. The van der Waals surface area contributed by atoms with Gasteiger partial charge in [-0.2, -0.15) is 0 Å². The molecule has 10 nitrogen and oxygen atoms in total. The van der Waals surface area contributed by atoms with Crippen LogP contribution in [0.5, 0.6) is 5.75 Å². The zero-order chi connectivity index (χ0) is 33.3.